The molecule has 0 aliphatic heterocycles. The molecule has 0 fully saturated rings. The van der Waals surface area contributed by atoms with E-state index in [1.54, 1.807) is 6.07 Å². The molecule has 0 saturated heterocycles. The summed E-state index contributed by atoms with van der Waals surface area (Å²) in [6, 6.07) is 9.68. The molecule has 7 heteroatoms. The van der Waals surface area contributed by atoms with Crippen LogP contribution in [0.3, 0.4) is 0 Å². The Morgan fingerprint density at radius 2 is 2.00 bits per heavy atom. The van der Waals surface area contributed by atoms with Gasteiger partial charge in [-0.15, -0.1) is 3.89 Å². The first-order valence-electron chi connectivity index (χ1n) is 6.94. The summed E-state index contributed by atoms with van der Waals surface area (Å²) in [4.78, 5) is 1.83. The summed E-state index contributed by atoms with van der Waals surface area (Å²) >= 11 is 0. The molecule has 0 saturated carbocycles. The maximum atomic E-state index is 12.8. The second kappa shape index (κ2) is 7.02. The number of rotatable bonds is 7. The Morgan fingerprint density at radius 3 is 2.59 bits per heavy atom. The Hall–Kier alpha value is -1.73. The molecule has 1 heterocycles. The first kappa shape index (κ1) is 16.6. The number of benzene rings is 1. The molecular weight excluding hydrogens is 307 g/mol. The van der Waals surface area contributed by atoms with Crippen LogP contribution in [0.5, 0.6) is 0 Å². The Bertz CT molecular complexity index is 728. The van der Waals surface area contributed by atoms with Crippen LogP contribution >= 0.6 is 0 Å². The molecule has 5 nitrogen and oxygen atoms in total. The predicted molar refractivity (Wildman–Crippen MR) is 81.4 cm³/mol. The second-order valence-electron chi connectivity index (χ2n) is 5.38. The van der Waals surface area contributed by atoms with Crippen molar-refractivity contribution in [2.45, 2.75) is 26.9 Å². The molecule has 120 valence electrons. The molecule has 2 aromatic rings. The van der Waals surface area contributed by atoms with Crippen LogP contribution in [-0.4, -0.2) is 30.8 Å². The Balaban J connectivity index is 2.09. The zero-order chi connectivity index (χ0) is 16.2. The SMILES string of the molecule is Cc1cccc(CN(CCS(=O)(=O)F)Cc2cc(C)no2)c1. The summed E-state index contributed by atoms with van der Waals surface area (Å²) in [5.74, 6) is 0.0905. The quantitative estimate of drug-likeness (QED) is 0.732. The van der Waals surface area contributed by atoms with E-state index >= 15 is 0 Å². The maximum Gasteiger partial charge on any atom is 0.303 e. The first-order chi connectivity index (χ1) is 10.3. The molecule has 0 aliphatic carbocycles. The number of hydrogen-bond donors (Lipinski definition) is 0. The van der Waals surface area contributed by atoms with Gasteiger partial charge in [0.05, 0.1) is 18.0 Å². The highest BCUT2D eigenvalue weighted by Gasteiger charge is 2.15. The standard InChI is InChI=1S/C15H19FN2O3S/c1-12-4-3-5-14(8-12)10-18(6-7-22(16,19)20)11-15-9-13(2)17-21-15/h3-5,8-9H,6-7,10-11H2,1-2H3. The van der Waals surface area contributed by atoms with Crippen LogP contribution in [0.2, 0.25) is 0 Å². The van der Waals surface area contributed by atoms with Crippen LogP contribution < -0.4 is 0 Å². The minimum Gasteiger partial charge on any atom is -0.360 e. The van der Waals surface area contributed by atoms with Gasteiger partial charge in [-0.1, -0.05) is 35.0 Å². The lowest BCUT2D eigenvalue weighted by Crippen LogP contribution is -2.27. The molecule has 1 aromatic heterocycles. The average molecular weight is 326 g/mol. The van der Waals surface area contributed by atoms with Gasteiger partial charge in [0.2, 0.25) is 0 Å². The molecule has 0 radical (unpaired) electrons. The third kappa shape index (κ3) is 5.57. The third-order valence-corrected chi connectivity index (χ3v) is 3.87. The van der Waals surface area contributed by atoms with Gasteiger partial charge in [-0.3, -0.25) is 4.90 Å². The van der Waals surface area contributed by atoms with Gasteiger partial charge < -0.3 is 4.52 Å². The van der Waals surface area contributed by atoms with Crippen molar-refractivity contribution in [1.29, 1.82) is 0 Å². The zero-order valence-electron chi connectivity index (χ0n) is 12.6. The largest absolute Gasteiger partial charge is 0.360 e. The van der Waals surface area contributed by atoms with Crippen LogP contribution in [0.4, 0.5) is 3.89 Å². The van der Waals surface area contributed by atoms with Crippen molar-refractivity contribution >= 4 is 10.2 Å². The fourth-order valence-corrected chi connectivity index (χ4v) is 2.71. The molecule has 0 spiro atoms. The monoisotopic (exact) mass is 326 g/mol. The minimum absolute atomic E-state index is 0.0898. The van der Waals surface area contributed by atoms with E-state index in [1.165, 1.54) is 0 Å². The fourth-order valence-electron chi connectivity index (χ4n) is 2.23. The van der Waals surface area contributed by atoms with Crippen molar-refractivity contribution in [2.24, 2.45) is 0 Å². The molecular formula is C15H19FN2O3S. The van der Waals surface area contributed by atoms with Crippen molar-refractivity contribution in [3.05, 3.63) is 52.9 Å². The summed E-state index contributed by atoms with van der Waals surface area (Å²) in [6.45, 7) is 4.78. The van der Waals surface area contributed by atoms with Crippen molar-refractivity contribution in [3.63, 3.8) is 0 Å². The normalized spacial score (nSPS) is 12.0. The number of halogens is 1. The highest BCUT2D eigenvalue weighted by atomic mass is 32.3. The molecule has 0 bridgehead atoms. The zero-order valence-corrected chi connectivity index (χ0v) is 13.4. The minimum atomic E-state index is -4.49. The number of aromatic nitrogens is 1. The molecule has 0 unspecified atom stereocenters. The van der Waals surface area contributed by atoms with E-state index in [1.807, 2.05) is 43.0 Å². The Morgan fingerprint density at radius 1 is 1.23 bits per heavy atom. The summed E-state index contributed by atoms with van der Waals surface area (Å²) in [7, 11) is -4.49. The van der Waals surface area contributed by atoms with E-state index in [4.69, 9.17) is 4.52 Å². The van der Waals surface area contributed by atoms with Crippen molar-refractivity contribution in [1.82, 2.24) is 10.1 Å². The molecule has 0 N–H and O–H groups in total. The lowest BCUT2D eigenvalue weighted by Gasteiger charge is -2.20. The highest BCUT2D eigenvalue weighted by molar-refractivity contribution is 7.86. The van der Waals surface area contributed by atoms with Gasteiger partial charge in [0.25, 0.3) is 0 Å². The lowest BCUT2D eigenvalue weighted by atomic mass is 10.1. The van der Waals surface area contributed by atoms with Gasteiger partial charge in [-0.2, -0.15) is 8.42 Å². The smallest absolute Gasteiger partial charge is 0.303 e. The summed E-state index contributed by atoms with van der Waals surface area (Å²) < 4.78 is 39.5. The van der Waals surface area contributed by atoms with Crippen LogP contribution in [0.1, 0.15) is 22.6 Å². The van der Waals surface area contributed by atoms with E-state index < -0.39 is 16.0 Å². The number of nitrogens with zero attached hydrogens (tertiary/aromatic N) is 2. The molecule has 0 amide bonds. The van der Waals surface area contributed by atoms with Crippen LogP contribution in [0.25, 0.3) is 0 Å². The van der Waals surface area contributed by atoms with E-state index in [9.17, 15) is 12.3 Å². The predicted octanol–water partition coefficient (Wildman–Crippen LogP) is 2.59. The lowest BCUT2D eigenvalue weighted by molar-refractivity contribution is 0.233. The van der Waals surface area contributed by atoms with Gasteiger partial charge in [0.1, 0.15) is 0 Å². The fraction of sp³-hybridized carbons (Fsp3) is 0.400. The molecule has 0 atom stereocenters. The van der Waals surface area contributed by atoms with E-state index in [0.29, 0.717) is 18.8 Å². The molecule has 2 rings (SSSR count). The van der Waals surface area contributed by atoms with Gasteiger partial charge in [-0.05, 0) is 19.4 Å². The van der Waals surface area contributed by atoms with Gasteiger partial charge >= 0.3 is 10.2 Å². The summed E-state index contributed by atoms with van der Waals surface area (Å²) in [5.41, 5.74) is 2.90. The van der Waals surface area contributed by atoms with Gasteiger partial charge in [-0.25, -0.2) is 0 Å². The van der Waals surface area contributed by atoms with Crippen molar-refractivity contribution in [2.75, 3.05) is 12.3 Å². The van der Waals surface area contributed by atoms with Gasteiger partial charge in [0.15, 0.2) is 5.76 Å². The van der Waals surface area contributed by atoms with E-state index in [-0.39, 0.29) is 6.54 Å². The molecule has 1 aromatic carbocycles. The first-order valence-corrected chi connectivity index (χ1v) is 8.49. The van der Waals surface area contributed by atoms with Gasteiger partial charge in [0, 0.05) is 19.2 Å². The van der Waals surface area contributed by atoms with Crippen LogP contribution in [0, 0.1) is 13.8 Å². The van der Waals surface area contributed by atoms with Crippen molar-refractivity contribution < 1.29 is 16.8 Å². The molecule has 0 aliphatic rings. The molecule has 22 heavy (non-hydrogen) atoms. The Labute approximate surface area is 129 Å². The van der Waals surface area contributed by atoms with Crippen LogP contribution in [0.15, 0.2) is 34.9 Å². The average Bonchev–Trinajstić information content (AvgIpc) is 2.81. The Kier molecular flexibility index (Phi) is 5.31. The van der Waals surface area contributed by atoms with Crippen molar-refractivity contribution in [3.8, 4) is 0 Å². The number of aryl methyl sites for hydroxylation is 2. The van der Waals surface area contributed by atoms with E-state index in [0.717, 1.165) is 16.8 Å². The van der Waals surface area contributed by atoms with Crippen LogP contribution in [-0.2, 0) is 23.3 Å². The maximum absolute atomic E-state index is 12.8. The number of hydrogen-bond acceptors (Lipinski definition) is 5. The highest BCUT2D eigenvalue weighted by Crippen LogP contribution is 2.13. The third-order valence-electron chi connectivity index (χ3n) is 3.20. The van der Waals surface area contributed by atoms with E-state index in [2.05, 4.69) is 5.16 Å². The topological polar surface area (TPSA) is 63.4 Å². The summed E-state index contributed by atoms with van der Waals surface area (Å²) in [6.07, 6.45) is 0. The second-order valence-corrected chi connectivity index (χ2v) is 6.86. The summed E-state index contributed by atoms with van der Waals surface area (Å²) in [5, 5.41) is 3.81.